The number of hydrogen-bond acceptors (Lipinski definition) is 2. The van der Waals surface area contributed by atoms with Crippen molar-refractivity contribution in [3.8, 4) is 0 Å². The number of hydrogen-bond donors (Lipinski definition) is 1. The van der Waals surface area contributed by atoms with Gasteiger partial charge in [0.05, 0.1) is 0 Å². The van der Waals surface area contributed by atoms with Crippen LogP contribution in [0.5, 0.6) is 0 Å². The topological polar surface area (TPSA) is 29.3 Å². The molecule has 0 saturated heterocycles. The van der Waals surface area contributed by atoms with Crippen LogP contribution < -0.4 is 5.73 Å². The van der Waals surface area contributed by atoms with Crippen LogP contribution in [0.2, 0.25) is 5.02 Å². The van der Waals surface area contributed by atoms with E-state index in [9.17, 15) is 0 Å². The van der Waals surface area contributed by atoms with Gasteiger partial charge in [-0.25, -0.2) is 0 Å². The SMILES string of the molecule is CC(c1ccccc1Cl)N(C)Cc1cccc(N)c1Br. The summed E-state index contributed by atoms with van der Waals surface area (Å²) in [6, 6.07) is 14.1. The Kier molecular flexibility index (Phi) is 5.08. The van der Waals surface area contributed by atoms with E-state index in [-0.39, 0.29) is 6.04 Å². The maximum absolute atomic E-state index is 6.27. The van der Waals surface area contributed by atoms with Gasteiger partial charge in [-0.1, -0.05) is 41.9 Å². The van der Waals surface area contributed by atoms with Crippen molar-refractivity contribution in [2.75, 3.05) is 12.8 Å². The van der Waals surface area contributed by atoms with Crippen LogP contribution in [0.3, 0.4) is 0 Å². The Morgan fingerprint density at radius 3 is 2.60 bits per heavy atom. The lowest BCUT2D eigenvalue weighted by atomic mass is 10.1. The highest BCUT2D eigenvalue weighted by Gasteiger charge is 2.15. The average molecular weight is 354 g/mol. The molecule has 0 heterocycles. The largest absolute Gasteiger partial charge is 0.398 e. The fourth-order valence-corrected chi connectivity index (χ4v) is 2.86. The molecule has 0 saturated carbocycles. The van der Waals surface area contributed by atoms with E-state index in [1.807, 2.05) is 30.3 Å². The van der Waals surface area contributed by atoms with E-state index in [1.54, 1.807) is 0 Å². The molecule has 2 nitrogen and oxygen atoms in total. The zero-order valence-electron chi connectivity index (χ0n) is 11.6. The van der Waals surface area contributed by atoms with Crippen LogP contribution in [0.1, 0.15) is 24.1 Å². The average Bonchev–Trinajstić information content (AvgIpc) is 2.43. The molecule has 0 aliphatic heterocycles. The Morgan fingerprint density at radius 2 is 1.90 bits per heavy atom. The molecule has 2 N–H and O–H groups in total. The normalized spacial score (nSPS) is 12.7. The van der Waals surface area contributed by atoms with Crippen LogP contribution in [0, 0.1) is 0 Å². The molecule has 0 bridgehead atoms. The molecule has 0 amide bonds. The van der Waals surface area contributed by atoms with Crippen molar-refractivity contribution in [1.29, 1.82) is 0 Å². The van der Waals surface area contributed by atoms with Gasteiger partial charge in [-0.15, -0.1) is 0 Å². The van der Waals surface area contributed by atoms with Gasteiger partial charge in [0, 0.05) is 27.8 Å². The minimum Gasteiger partial charge on any atom is -0.398 e. The van der Waals surface area contributed by atoms with Gasteiger partial charge >= 0.3 is 0 Å². The van der Waals surface area contributed by atoms with E-state index in [4.69, 9.17) is 17.3 Å². The van der Waals surface area contributed by atoms with Crippen LogP contribution in [0.4, 0.5) is 5.69 Å². The second kappa shape index (κ2) is 6.61. The molecule has 106 valence electrons. The lowest BCUT2D eigenvalue weighted by molar-refractivity contribution is 0.253. The van der Waals surface area contributed by atoms with Crippen molar-refractivity contribution >= 4 is 33.2 Å². The summed E-state index contributed by atoms with van der Waals surface area (Å²) in [5.41, 5.74) is 8.99. The summed E-state index contributed by atoms with van der Waals surface area (Å²) >= 11 is 9.82. The van der Waals surface area contributed by atoms with Crippen LogP contribution in [0.15, 0.2) is 46.9 Å². The summed E-state index contributed by atoms with van der Waals surface area (Å²) in [5.74, 6) is 0. The molecule has 0 radical (unpaired) electrons. The highest BCUT2D eigenvalue weighted by Crippen LogP contribution is 2.30. The second-order valence-electron chi connectivity index (χ2n) is 4.93. The minimum atomic E-state index is 0.233. The molecule has 0 aliphatic rings. The molecule has 0 fully saturated rings. The van der Waals surface area contributed by atoms with E-state index in [0.717, 1.165) is 27.3 Å². The van der Waals surface area contributed by atoms with Crippen molar-refractivity contribution in [3.05, 3.63) is 63.1 Å². The van der Waals surface area contributed by atoms with Crippen LogP contribution in [0.25, 0.3) is 0 Å². The lowest BCUT2D eigenvalue weighted by Crippen LogP contribution is -2.22. The zero-order valence-corrected chi connectivity index (χ0v) is 13.9. The summed E-state index contributed by atoms with van der Waals surface area (Å²) in [4.78, 5) is 2.25. The molecule has 1 atom stereocenters. The molecule has 2 aromatic carbocycles. The standard InChI is InChI=1S/C16H18BrClN2/c1-11(13-7-3-4-8-14(13)18)20(2)10-12-6-5-9-15(19)16(12)17/h3-9,11H,10,19H2,1-2H3. The third-order valence-electron chi connectivity index (χ3n) is 3.54. The second-order valence-corrected chi connectivity index (χ2v) is 6.13. The van der Waals surface area contributed by atoms with Gasteiger partial charge in [0.15, 0.2) is 0 Å². The molecule has 0 aromatic heterocycles. The molecule has 20 heavy (non-hydrogen) atoms. The van der Waals surface area contributed by atoms with E-state index < -0.39 is 0 Å². The molecular weight excluding hydrogens is 336 g/mol. The van der Waals surface area contributed by atoms with Gasteiger partial charge in [0.2, 0.25) is 0 Å². The Labute approximate surface area is 133 Å². The van der Waals surface area contributed by atoms with Crippen molar-refractivity contribution in [3.63, 3.8) is 0 Å². The highest BCUT2D eigenvalue weighted by atomic mass is 79.9. The predicted octanol–water partition coefficient (Wildman–Crippen LogP) is 4.88. The third kappa shape index (κ3) is 3.35. The van der Waals surface area contributed by atoms with Crippen LogP contribution in [-0.4, -0.2) is 11.9 Å². The maximum atomic E-state index is 6.27. The van der Waals surface area contributed by atoms with Gasteiger partial charge in [0.25, 0.3) is 0 Å². The van der Waals surface area contributed by atoms with E-state index in [0.29, 0.717) is 0 Å². The van der Waals surface area contributed by atoms with Gasteiger partial charge in [-0.3, -0.25) is 4.90 Å². The number of benzene rings is 2. The fourth-order valence-electron chi connectivity index (χ4n) is 2.18. The molecule has 0 spiro atoms. The summed E-state index contributed by atoms with van der Waals surface area (Å²) in [6.45, 7) is 2.96. The van der Waals surface area contributed by atoms with Gasteiger partial charge in [-0.2, -0.15) is 0 Å². The van der Waals surface area contributed by atoms with Crippen molar-refractivity contribution in [2.45, 2.75) is 19.5 Å². The van der Waals surface area contributed by atoms with Crippen molar-refractivity contribution in [1.82, 2.24) is 4.90 Å². The van der Waals surface area contributed by atoms with Gasteiger partial charge in [-0.05, 0) is 53.2 Å². The first-order valence-corrected chi connectivity index (χ1v) is 7.65. The summed E-state index contributed by atoms with van der Waals surface area (Å²) in [5, 5.41) is 0.804. The number of nitrogens with two attached hydrogens (primary N) is 1. The number of anilines is 1. The first-order valence-electron chi connectivity index (χ1n) is 6.48. The summed E-state index contributed by atoms with van der Waals surface area (Å²) in [7, 11) is 2.09. The molecule has 2 aromatic rings. The Bertz CT molecular complexity index is 601. The number of rotatable bonds is 4. The van der Waals surface area contributed by atoms with Crippen LogP contribution >= 0.6 is 27.5 Å². The maximum Gasteiger partial charge on any atom is 0.0461 e. The number of nitrogen functional groups attached to an aromatic ring is 1. The first kappa shape index (κ1) is 15.4. The predicted molar refractivity (Wildman–Crippen MR) is 89.9 cm³/mol. The van der Waals surface area contributed by atoms with Crippen molar-refractivity contribution < 1.29 is 0 Å². The monoisotopic (exact) mass is 352 g/mol. The molecular formula is C16H18BrClN2. The van der Waals surface area contributed by atoms with E-state index in [1.165, 1.54) is 5.56 Å². The summed E-state index contributed by atoms with van der Waals surface area (Å²) in [6.07, 6.45) is 0. The number of nitrogens with zero attached hydrogens (tertiary/aromatic N) is 1. The Morgan fingerprint density at radius 1 is 1.20 bits per heavy atom. The zero-order chi connectivity index (χ0) is 14.7. The van der Waals surface area contributed by atoms with Crippen molar-refractivity contribution in [2.24, 2.45) is 0 Å². The molecule has 0 aliphatic carbocycles. The van der Waals surface area contributed by atoms with E-state index in [2.05, 4.69) is 46.9 Å². The quantitative estimate of drug-likeness (QED) is 0.794. The van der Waals surface area contributed by atoms with Crippen LogP contribution in [-0.2, 0) is 6.54 Å². The number of halogens is 2. The smallest absolute Gasteiger partial charge is 0.0461 e. The molecule has 1 unspecified atom stereocenters. The minimum absolute atomic E-state index is 0.233. The Hall–Kier alpha value is -1.03. The third-order valence-corrected chi connectivity index (χ3v) is 4.86. The lowest BCUT2D eigenvalue weighted by Gasteiger charge is -2.26. The van der Waals surface area contributed by atoms with Gasteiger partial charge < -0.3 is 5.73 Å². The first-order chi connectivity index (χ1) is 9.50. The Balaban J connectivity index is 2.18. The van der Waals surface area contributed by atoms with E-state index >= 15 is 0 Å². The fraction of sp³-hybridized carbons (Fsp3) is 0.250. The highest BCUT2D eigenvalue weighted by molar-refractivity contribution is 9.10. The molecule has 2 rings (SSSR count). The summed E-state index contributed by atoms with van der Waals surface area (Å²) < 4.78 is 0.971. The molecule has 4 heteroatoms. The van der Waals surface area contributed by atoms with Gasteiger partial charge in [0.1, 0.15) is 0 Å².